The number of rotatable bonds is 9. The molecule has 6 heteroatoms. The van der Waals surface area contributed by atoms with Gasteiger partial charge in [0.25, 0.3) is 0 Å². The van der Waals surface area contributed by atoms with Gasteiger partial charge in [-0.3, -0.25) is 0 Å². The van der Waals surface area contributed by atoms with Crippen molar-refractivity contribution >= 4 is 0 Å². The Morgan fingerprint density at radius 3 is 2.74 bits per heavy atom. The third-order valence-electron chi connectivity index (χ3n) is 2.54. The number of benzene rings is 1. The summed E-state index contributed by atoms with van der Waals surface area (Å²) in [6, 6.07) is 3.10. The predicted octanol–water partition coefficient (Wildman–Crippen LogP) is 0.987. The zero-order valence-electron chi connectivity index (χ0n) is 10.6. The molecule has 0 amide bonds. The molecule has 0 saturated carbocycles. The molecule has 0 radical (unpaired) electrons. The van der Waals surface area contributed by atoms with Gasteiger partial charge in [0, 0.05) is 24.8 Å². The summed E-state index contributed by atoms with van der Waals surface area (Å²) in [7, 11) is 0. The molecule has 4 nitrogen and oxygen atoms in total. The second-order valence-corrected chi connectivity index (χ2v) is 4.08. The molecule has 19 heavy (non-hydrogen) atoms. The van der Waals surface area contributed by atoms with Gasteiger partial charge < -0.3 is 20.3 Å². The lowest BCUT2D eigenvalue weighted by Crippen LogP contribution is -2.24. The van der Waals surface area contributed by atoms with Crippen LogP contribution in [-0.2, 0) is 4.74 Å². The van der Waals surface area contributed by atoms with Crippen molar-refractivity contribution in [3.63, 3.8) is 0 Å². The fourth-order valence-electron chi connectivity index (χ4n) is 1.59. The molecule has 1 aromatic rings. The highest BCUT2D eigenvalue weighted by atomic mass is 19.1. The van der Waals surface area contributed by atoms with Gasteiger partial charge in [0.2, 0.25) is 0 Å². The second kappa shape index (κ2) is 8.92. The summed E-state index contributed by atoms with van der Waals surface area (Å²) < 4.78 is 31.1. The van der Waals surface area contributed by atoms with E-state index in [1.54, 1.807) is 0 Å². The first kappa shape index (κ1) is 16.0. The third-order valence-corrected chi connectivity index (χ3v) is 2.54. The van der Waals surface area contributed by atoms with Crippen LogP contribution in [0.1, 0.15) is 18.1 Å². The van der Waals surface area contributed by atoms with Crippen LogP contribution in [0, 0.1) is 11.6 Å². The molecule has 0 aliphatic heterocycles. The van der Waals surface area contributed by atoms with Crippen LogP contribution >= 0.6 is 0 Å². The number of nitrogens with one attached hydrogen (secondary N) is 1. The second-order valence-electron chi connectivity index (χ2n) is 4.08. The van der Waals surface area contributed by atoms with Crippen LogP contribution in [0.4, 0.5) is 8.78 Å². The standard InChI is InChI=1S/C13H19F2NO3/c14-10-2-3-11(12(15)8-10)13(18)9-16-4-1-6-19-7-5-17/h2-3,8,13,16-18H,1,4-7,9H2. The monoisotopic (exact) mass is 275 g/mol. The summed E-state index contributed by atoms with van der Waals surface area (Å²) in [5.74, 6) is -1.41. The van der Waals surface area contributed by atoms with Crippen molar-refractivity contribution < 1.29 is 23.7 Å². The van der Waals surface area contributed by atoms with E-state index in [1.807, 2.05) is 0 Å². The average molecular weight is 275 g/mol. The highest BCUT2D eigenvalue weighted by Gasteiger charge is 2.12. The Morgan fingerprint density at radius 1 is 1.26 bits per heavy atom. The molecular formula is C13H19F2NO3. The van der Waals surface area contributed by atoms with E-state index in [0.717, 1.165) is 18.6 Å². The molecule has 3 N–H and O–H groups in total. The lowest BCUT2D eigenvalue weighted by molar-refractivity contribution is 0.0899. The first-order valence-electron chi connectivity index (χ1n) is 6.17. The van der Waals surface area contributed by atoms with Gasteiger partial charge in [-0.1, -0.05) is 6.07 Å². The van der Waals surface area contributed by atoms with Gasteiger partial charge >= 0.3 is 0 Å². The number of ether oxygens (including phenoxy) is 1. The molecule has 0 heterocycles. The van der Waals surface area contributed by atoms with E-state index in [-0.39, 0.29) is 18.7 Å². The highest BCUT2D eigenvalue weighted by molar-refractivity contribution is 5.21. The van der Waals surface area contributed by atoms with E-state index in [2.05, 4.69) is 5.32 Å². The topological polar surface area (TPSA) is 61.7 Å². The van der Waals surface area contributed by atoms with E-state index in [4.69, 9.17) is 9.84 Å². The van der Waals surface area contributed by atoms with E-state index in [9.17, 15) is 13.9 Å². The van der Waals surface area contributed by atoms with Crippen molar-refractivity contribution in [1.82, 2.24) is 5.32 Å². The Morgan fingerprint density at radius 2 is 2.05 bits per heavy atom. The Labute approximate surface area is 111 Å². The average Bonchev–Trinajstić information content (AvgIpc) is 2.37. The van der Waals surface area contributed by atoms with Gasteiger partial charge in [0.05, 0.1) is 19.3 Å². The number of hydrogen-bond acceptors (Lipinski definition) is 4. The van der Waals surface area contributed by atoms with Crippen molar-refractivity contribution in [2.45, 2.75) is 12.5 Å². The predicted molar refractivity (Wildman–Crippen MR) is 66.7 cm³/mol. The molecule has 1 unspecified atom stereocenters. The summed E-state index contributed by atoms with van der Waals surface area (Å²) >= 11 is 0. The van der Waals surface area contributed by atoms with Gasteiger partial charge in [-0.25, -0.2) is 8.78 Å². The maximum atomic E-state index is 13.3. The maximum Gasteiger partial charge on any atom is 0.131 e. The van der Waals surface area contributed by atoms with Gasteiger partial charge in [0.1, 0.15) is 11.6 Å². The largest absolute Gasteiger partial charge is 0.394 e. The van der Waals surface area contributed by atoms with Crippen molar-refractivity contribution in [3.05, 3.63) is 35.4 Å². The molecule has 0 saturated heterocycles. The fourth-order valence-corrected chi connectivity index (χ4v) is 1.59. The summed E-state index contributed by atoms with van der Waals surface area (Å²) in [5.41, 5.74) is 0.0745. The smallest absolute Gasteiger partial charge is 0.131 e. The molecular weight excluding hydrogens is 256 g/mol. The maximum absolute atomic E-state index is 13.3. The summed E-state index contributed by atoms with van der Waals surface area (Å²) in [6.45, 7) is 1.60. The lowest BCUT2D eigenvalue weighted by atomic mass is 10.1. The molecule has 0 fully saturated rings. The van der Waals surface area contributed by atoms with Crippen LogP contribution in [0.3, 0.4) is 0 Å². The Bertz CT molecular complexity index is 377. The van der Waals surface area contributed by atoms with Crippen LogP contribution in [0.15, 0.2) is 18.2 Å². The van der Waals surface area contributed by atoms with Crippen molar-refractivity contribution in [1.29, 1.82) is 0 Å². The normalized spacial score (nSPS) is 12.6. The first-order chi connectivity index (χ1) is 9.15. The van der Waals surface area contributed by atoms with Crippen molar-refractivity contribution in [3.8, 4) is 0 Å². The van der Waals surface area contributed by atoms with E-state index >= 15 is 0 Å². The minimum Gasteiger partial charge on any atom is -0.394 e. The van der Waals surface area contributed by atoms with E-state index in [0.29, 0.717) is 19.8 Å². The number of halogens is 2. The quantitative estimate of drug-likeness (QED) is 0.588. The SMILES string of the molecule is OCCOCCCNCC(O)c1ccc(F)cc1F. The number of aliphatic hydroxyl groups is 2. The minimum atomic E-state index is -1.01. The minimum absolute atomic E-state index is 0.00398. The van der Waals surface area contributed by atoms with Crippen LogP contribution in [-0.4, -0.2) is 43.1 Å². The Balaban J connectivity index is 2.22. The van der Waals surface area contributed by atoms with Gasteiger partial charge in [-0.05, 0) is 19.0 Å². The first-order valence-corrected chi connectivity index (χ1v) is 6.17. The van der Waals surface area contributed by atoms with E-state index in [1.165, 1.54) is 6.07 Å². The summed E-state index contributed by atoms with van der Waals surface area (Å²) in [5, 5.41) is 21.2. The van der Waals surface area contributed by atoms with Crippen LogP contribution in [0.5, 0.6) is 0 Å². The molecule has 1 rings (SSSR count). The Kier molecular flexibility index (Phi) is 7.50. The Hall–Kier alpha value is -1.08. The zero-order valence-corrected chi connectivity index (χ0v) is 10.6. The van der Waals surface area contributed by atoms with Gasteiger partial charge in [0.15, 0.2) is 0 Å². The fraction of sp³-hybridized carbons (Fsp3) is 0.538. The van der Waals surface area contributed by atoms with Gasteiger partial charge in [-0.2, -0.15) is 0 Å². The number of aliphatic hydroxyl groups excluding tert-OH is 2. The molecule has 0 bridgehead atoms. The zero-order chi connectivity index (χ0) is 14.1. The summed E-state index contributed by atoms with van der Waals surface area (Å²) in [6.07, 6.45) is -0.294. The van der Waals surface area contributed by atoms with Gasteiger partial charge in [-0.15, -0.1) is 0 Å². The molecule has 0 spiro atoms. The van der Waals surface area contributed by atoms with E-state index < -0.39 is 17.7 Å². The summed E-state index contributed by atoms with van der Waals surface area (Å²) in [4.78, 5) is 0. The number of hydrogen-bond donors (Lipinski definition) is 3. The highest BCUT2D eigenvalue weighted by Crippen LogP contribution is 2.17. The molecule has 108 valence electrons. The van der Waals surface area contributed by atoms with Crippen molar-refractivity contribution in [2.75, 3.05) is 32.9 Å². The van der Waals surface area contributed by atoms with Crippen LogP contribution < -0.4 is 5.32 Å². The molecule has 0 aliphatic rings. The third kappa shape index (κ3) is 6.07. The van der Waals surface area contributed by atoms with Crippen molar-refractivity contribution in [2.24, 2.45) is 0 Å². The van der Waals surface area contributed by atoms with Crippen LogP contribution in [0.25, 0.3) is 0 Å². The lowest BCUT2D eigenvalue weighted by Gasteiger charge is -2.13. The molecule has 1 aromatic carbocycles. The molecule has 0 aliphatic carbocycles. The van der Waals surface area contributed by atoms with Crippen LogP contribution in [0.2, 0.25) is 0 Å². The molecule has 1 atom stereocenters. The molecule has 0 aromatic heterocycles.